The van der Waals surface area contributed by atoms with Crippen LogP contribution in [-0.4, -0.2) is 10.2 Å². The summed E-state index contributed by atoms with van der Waals surface area (Å²) < 4.78 is 0. The van der Waals surface area contributed by atoms with E-state index in [1.165, 1.54) is 5.56 Å². The lowest BCUT2D eigenvalue weighted by atomic mass is 9.90. The van der Waals surface area contributed by atoms with Gasteiger partial charge in [-0.3, -0.25) is 5.10 Å². The van der Waals surface area contributed by atoms with Gasteiger partial charge in [-0.25, -0.2) is 0 Å². The Kier molecular flexibility index (Phi) is 3.47. The summed E-state index contributed by atoms with van der Waals surface area (Å²) in [7, 11) is 0. The van der Waals surface area contributed by atoms with Crippen LogP contribution in [0.15, 0.2) is 54.6 Å². The number of aromatic nitrogens is 2. The molecule has 0 fully saturated rings. The van der Waals surface area contributed by atoms with Gasteiger partial charge < -0.3 is 0 Å². The van der Waals surface area contributed by atoms with E-state index in [1.54, 1.807) is 0 Å². The summed E-state index contributed by atoms with van der Waals surface area (Å²) in [5.41, 5.74) is 3.29. The van der Waals surface area contributed by atoms with Crippen molar-refractivity contribution in [2.45, 2.75) is 18.8 Å². The molecule has 0 aliphatic carbocycles. The lowest BCUT2D eigenvalue weighted by Crippen LogP contribution is -2.02. The number of para-hydroxylation sites is 1. The molecule has 0 saturated heterocycles. The van der Waals surface area contributed by atoms with Crippen LogP contribution in [0.3, 0.4) is 0 Å². The molecule has 1 aromatic heterocycles. The zero-order valence-electron chi connectivity index (χ0n) is 11.1. The molecule has 3 nitrogen and oxygen atoms in total. The summed E-state index contributed by atoms with van der Waals surface area (Å²) in [5.74, 6) is 0.184. The summed E-state index contributed by atoms with van der Waals surface area (Å²) in [6, 6.07) is 20.6. The van der Waals surface area contributed by atoms with Crippen molar-refractivity contribution in [2.75, 3.05) is 0 Å². The molecule has 1 heterocycles. The highest BCUT2D eigenvalue weighted by Gasteiger charge is 2.18. The van der Waals surface area contributed by atoms with Gasteiger partial charge in [-0.2, -0.15) is 10.4 Å². The molecule has 0 spiro atoms. The van der Waals surface area contributed by atoms with Crippen LogP contribution in [-0.2, 0) is 0 Å². The highest BCUT2D eigenvalue weighted by atomic mass is 15.1. The molecular formula is C17H15N3. The van der Waals surface area contributed by atoms with E-state index >= 15 is 0 Å². The predicted octanol–water partition coefficient (Wildman–Crippen LogP) is 4.00. The summed E-state index contributed by atoms with van der Waals surface area (Å²) >= 11 is 0. The van der Waals surface area contributed by atoms with Crippen LogP contribution >= 0.6 is 0 Å². The number of rotatable bonds is 4. The fraction of sp³-hybridized carbons (Fsp3) is 0.176. The fourth-order valence-corrected chi connectivity index (χ4v) is 2.62. The van der Waals surface area contributed by atoms with Gasteiger partial charge >= 0.3 is 0 Å². The fourth-order valence-electron chi connectivity index (χ4n) is 2.62. The monoisotopic (exact) mass is 261 g/mol. The minimum absolute atomic E-state index is 0.184. The Balaban J connectivity index is 2.07. The Hall–Kier alpha value is -2.60. The topological polar surface area (TPSA) is 52.5 Å². The van der Waals surface area contributed by atoms with Crippen molar-refractivity contribution >= 4 is 10.9 Å². The van der Waals surface area contributed by atoms with Gasteiger partial charge in [-0.1, -0.05) is 48.5 Å². The lowest BCUT2D eigenvalue weighted by molar-refractivity contribution is 0.712. The first-order valence-electron chi connectivity index (χ1n) is 6.75. The van der Waals surface area contributed by atoms with Crippen LogP contribution in [0.5, 0.6) is 0 Å². The number of nitrogens with one attached hydrogen (secondary N) is 1. The number of nitriles is 1. The molecule has 0 aliphatic heterocycles. The maximum absolute atomic E-state index is 8.90. The first kappa shape index (κ1) is 12.4. The maximum atomic E-state index is 8.90. The molecule has 1 unspecified atom stereocenters. The van der Waals surface area contributed by atoms with Crippen LogP contribution in [0.25, 0.3) is 10.9 Å². The third-order valence-corrected chi connectivity index (χ3v) is 3.59. The van der Waals surface area contributed by atoms with Crippen molar-refractivity contribution in [1.82, 2.24) is 10.2 Å². The molecule has 2 aromatic carbocycles. The molecule has 0 aliphatic rings. The minimum atomic E-state index is 0.184. The number of nitrogens with zero attached hydrogens (tertiary/aromatic N) is 2. The van der Waals surface area contributed by atoms with Crippen molar-refractivity contribution in [2.24, 2.45) is 0 Å². The van der Waals surface area contributed by atoms with E-state index in [1.807, 2.05) is 36.4 Å². The van der Waals surface area contributed by atoms with Crippen LogP contribution in [0, 0.1) is 11.3 Å². The normalized spacial score (nSPS) is 12.2. The molecule has 20 heavy (non-hydrogen) atoms. The lowest BCUT2D eigenvalue weighted by Gasteiger charge is -2.15. The van der Waals surface area contributed by atoms with Gasteiger partial charge in [0.25, 0.3) is 0 Å². The van der Waals surface area contributed by atoms with Crippen molar-refractivity contribution in [1.29, 1.82) is 5.26 Å². The van der Waals surface area contributed by atoms with E-state index in [0.29, 0.717) is 6.42 Å². The number of fused-ring (bicyclic) bond motifs is 1. The first-order chi connectivity index (χ1) is 9.90. The Labute approximate surface area is 117 Å². The van der Waals surface area contributed by atoms with Gasteiger partial charge in [0.15, 0.2) is 0 Å². The third-order valence-electron chi connectivity index (χ3n) is 3.59. The number of aromatic amines is 1. The zero-order valence-corrected chi connectivity index (χ0v) is 11.1. The zero-order chi connectivity index (χ0) is 13.8. The number of benzene rings is 2. The quantitative estimate of drug-likeness (QED) is 0.771. The van der Waals surface area contributed by atoms with E-state index in [4.69, 9.17) is 5.26 Å². The van der Waals surface area contributed by atoms with Crippen LogP contribution < -0.4 is 0 Å². The molecule has 3 heteroatoms. The largest absolute Gasteiger partial charge is 0.281 e. The maximum Gasteiger partial charge on any atom is 0.0923 e. The van der Waals surface area contributed by atoms with Crippen molar-refractivity contribution in [3.8, 4) is 6.07 Å². The highest BCUT2D eigenvalue weighted by molar-refractivity contribution is 5.82. The molecule has 98 valence electrons. The van der Waals surface area contributed by atoms with Crippen LogP contribution in [0.2, 0.25) is 0 Å². The molecule has 3 rings (SSSR count). The van der Waals surface area contributed by atoms with Crippen LogP contribution in [0.4, 0.5) is 0 Å². The van der Waals surface area contributed by atoms with Crippen molar-refractivity contribution in [3.05, 3.63) is 65.9 Å². The average molecular weight is 261 g/mol. The van der Waals surface area contributed by atoms with Gasteiger partial charge in [-0.15, -0.1) is 0 Å². The molecule has 0 radical (unpaired) electrons. The second-order valence-electron chi connectivity index (χ2n) is 4.81. The predicted molar refractivity (Wildman–Crippen MR) is 79.2 cm³/mol. The molecular weight excluding hydrogens is 246 g/mol. The highest BCUT2D eigenvalue weighted by Crippen LogP contribution is 2.32. The molecule has 1 atom stereocenters. The molecule has 0 amide bonds. The Morgan fingerprint density at radius 3 is 2.60 bits per heavy atom. The van der Waals surface area contributed by atoms with E-state index in [2.05, 4.69) is 34.5 Å². The summed E-state index contributed by atoms with van der Waals surface area (Å²) in [4.78, 5) is 0. The smallest absolute Gasteiger partial charge is 0.0923 e. The molecule has 3 aromatic rings. The minimum Gasteiger partial charge on any atom is -0.281 e. The van der Waals surface area contributed by atoms with E-state index in [-0.39, 0.29) is 5.92 Å². The van der Waals surface area contributed by atoms with E-state index in [9.17, 15) is 0 Å². The van der Waals surface area contributed by atoms with E-state index < -0.39 is 0 Å². The van der Waals surface area contributed by atoms with Crippen molar-refractivity contribution < 1.29 is 0 Å². The second kappa shape index (κ2) is 5.58. The number of H-pyrrole nitrogens is 1. The second-order valence-corrected chi connectivity index (χ2v) is 4.81. The summed E-state index contributed by atoms with van der Waals surface area (Å²) in [5, 5.41) is 17.6. The van der Waals surface area contributed by atoms with Gasteiger partial charge in [0.05, 0.1) is 17.3 Å². The molecule has 1 N–H and O–H groups in total. The van der Waals surface area contributed by atoms with Gasteiger partial charge in [0.2, 0.25) is 0 Å². The molecule has 0 bridgehead atoms. The van der Waals surface area contributed by atoms with E-state index in [0.717, 1.165) is 23.0 Å². The Morgan fingerprint density at radius 2 is 1.80 bits per heavy atom. The first-order valence-corrected chi connectivity index (χ1v) is 6.75. The Bertz CT molecular complexity index is 738. The summed E-state index contributed by atoms with van der Waals surface area (Å²) in [6.07, 6.45) is 1.33. The standard InChI is InChI=1S/C17H15N3/c18-12-6-10-14(13-7-2-1-3-8-13)17-15-9-4-5-11-16(15)19-20-17/h1-5,7-9,11,14H,6,10H2,(H,19,20). The number of hydrogen-bond donors (Lipinski definition) is 1. The molecule has 0 saturated carbocycles. The summed E-state index contributed by atoms with van der Waals surface area (Å²) in [6.45, 7) is 0. The van der Waals surface area contributed by atoms with Gasteiger partial charge in [0, 0.05) is 17.7 Å². The average Bonchev–Trinajstić information content (AvgIpc) is 2.93. The Morgan fingerprint density at radius 1 is 1.05 bits per heavy atom. The number of hydrogen-bond acceptors (Lipinski definition) is 2. The van der Waals surface area contributed by atoms with Gasteiger partial charge in [-0.05, 0) is 18.1 Å². The van der Waals surface area contributed by atoms with Crippen LogP contribution in [0.1, 0.15) is 30.0 Å². The van der Waals surface area contributed by atoms with Crippen molar-refractivity contribution in [3.63, 3.8) is 0 Å². The SMILES string of the molecule is N#CCCC(c1ccccc1)c1[nH]nc2ccccc12. The van der Waals surface area contributed by atoms with Gasteiger partial charge in [0.1, 0.15) is 0 Å². The third kappa shape index (κ3) is 2.28.